The molecule has 1 aromatic heterocycles. The van der Waals surface area contributed by atoms with Crippen LogP contribution in [0.25, 0.3) is 0 Å². The molecule has 0 radical (unpaired) electrons. The molecular weight excluding hydrogens is 262 g/mol. The number of nitrogens with zero attached hydrogens (tertiary/aromatic N) is 2. The Hall–Kier alpha value is -2.24. The number of anilines is 2. The minimum atomic E-state index is -0.586. The highest BCUT2D eigenvalue weighted by atomic mass is 19.1. The Bertz CT molecular complexity index is 575. The zero-order chi connectivity index (χ0) is 14.4. The van der Waals surface area contributed by atoms with E-state index in [1.807, 2.05) is 0 Å². The van der Waals surface area contributed by atoms with Gasteiger partial charge in [-0.3, -0.25) is 4.98 Å². The lowest BCUT2D eigenvalue weighted by atomic mass is 10.2. The average Bonchev–Trinajstić information content (AvgIpc) is 2.45. The van der Waals surface area contributed by atoms with E-state index < -0.39 is 11.6 Å². The molecule has 0 atom stereocenters. The molecule has 0 saturated carbocycles. The van der Waals surface area contributed by atoms with E-state index in [4.69, 9.17) is 0 Å². The SMILES string of the molecule is CCCNc1cncc(NCc2ccc(F)cc2F)n1. The predicted octanol–water partition coefficient (Wildman–Crippen LogP) is 3.19. The summed E-state index contributed by atoms with van der Waals surface area (Å²) in [5, 5.41) is 6.08. The Morgan fingerprint density at radius 1 is 1.10 bits per heavy atom. The first-order valence-corrected chi connectivity index (χ1v) is 6.42. The van der Waals surface area contributed by atoms with Crippen LogP contribution in [0.1, 0.15) is 18.9 Å². The molecule has 106 valence electrons. The summed E-state index contributed by atoms with van der Waals surface area (Å²) < 4.78 is 26.3. The average molecular weight is 278 g/mol. The number of hydrogen-bond acceptors (Lipinski definition) is 4. The van der Waals surface area contributed by atoms with Gasteiger partial charge < -0.3 is 10.6 Å². The van der Waals surface area contributed by atoms with Gasteiger partial charge in [0.25, 0.3) is 0 Å². The number of halogens is 2. The zero-order valence-electron chi connectivity index (χ0n) is 11.2. The third kappa shape index (κ3) is 3.88. The molecule has 0 saturated heterocycles. The van der Waals surface area contributed by atoms with Gasteiger partial charge in [0.1, 0.15) is 23.3 Å². The van der Waals surface area contributed by atoms with Gasteiger partial charge in [0, 0.05) is 24.7 Å². The van der Waals surface area contributed by atoms with Gasteiger partial charge in [0.2, 0.25) is 0 Å². The van der Waals surface area contributed by atoms with Crippen LogP contribution in [-0.2, 0) is 6.54 Å². The highest BCUT2D eigenvalue weighted by Crippen LogP contribution is 2.12. The van der Waals surface area contributed by atoms with Crippen LogP contribution in [0, 0.1) is 11.6 Å². The van der Waals surface area contributed by atoms with E-state index in [0.29, 0.717) is 17.2 Å². The van der Waals surface area contributed by atoms with Gasteiger partial charge in [-0.2, -0.15) is 0 Å². The lowest BCUT2D eigenvalue weighted by Gasteiger charge is -2.08. The summed E-state index contributed by atoms with van der Waals surface area (Å²) in [4.78, 5) is 8.34. The van der Waals surface area contributed by atoms with Crippen molar-refractivity contribution in [3.63, 3.8) is 0 Å². The van der Waals surface area contributed by atoms with E-state index in [1.165, 1.54) is 12.1 Å². The van der Waals surface area contributed by atoms with Crippen molar-refractivity contribution in [1.82, 2.24) is 9.97 Å². The van der Waals surface area contributed by atoms with Crippen LogP contribution in [0.3, 0.4) is 0 Å². The second-order valence-corrected chi connectivity index (χ2v) is 4.31. The summed E-state index contributed by atoms with van der Waals surface area (Å²) >= 11 is 0. The Labute approximate surface area is 116 Å². The lowest BCUT2D eigenvalue weighted by molar-refractivity contribution is 0.574. The fourth-order valence-corrected chi connectivity index (χ4v) is 1.64. The maximum atomic E-state index is 13.5. The first-order valence-electron chi connectivity index (χ1n) is 6.42. The molecule has 6 heteroatoms. The molecule has 1 heterocycles. The molecule has 2 aromatic rings. The predicted molar refractivity (Wildman–Crippen MR) is 74.5 cm³/mol. The molecule has 2 N–H and O–H groups in total. The minimum absolute atomic E-state index is 0.220. The number of hydrogen-bond donors (Lipinski definition) is 2. The maximum absolute atomic E-state index is 13.5. The molecule has 0 aliphatic heterocycles. The second-order valence-electron chi connectivity index (χ2n) is 4.31. The number of benzene rings is 1. The molecule has 4 nitrogen and oxygen atoms in total. The van der Waals surface area contributed by atoms with Crippen molar-refractivity contribution in [2.75, 3.05) is 17.2 Å². The Balaban J connectivity index is 1.99. The highest BCUT2D eigenvalue weighted by molar-refractivity contribution is 5.42. The first kappa shape index (κ1) is 14.2. The van der Waals surface area contributed by atoms with Crippen molar-refractivity contribution in [2.24, 2.45) is 0 Å². The molecular formula is C14H16F2N4. The Morgan fingerprint density at radius 3 is 2.55 bits per heavy atom. The van der Waals surface area contributed by atoms with Crippen LogP contribution in [0.15, 0.2) is 30.6 Å². The molecule has 2 rings (SSSR count). The highest BCUT2D eigenvalue weighted by Gasteiger charge is 2.04. The van der Waals surface area contributed by atoms with Crippen molar-refractivity contribution in [3.8, 4) is 0 Å². The monoisotopic (exact) mass is 278 g/mol. The van der Waals surface area contributed by atoms with Crippen molar-refractivity contribution < 1.29 is 8.78 Å². The van der Waals surface area contributed by atoms with Crippen LogP contribution < -0.4 is 10.6 Å². The number of nitrogens with one attached hydrogen (secondary N) is 2. The van der Waals surface area contributed by atoms with Gasteiger partial charge in [-0.05, 0) is 12.5 Å². The minimum Gasteiger partial charge on any atom is -0.369 e. The summed E-state index contributed by atoms with van der Waals surface area (Å²) in [5.41, 5.74) is 0.375. The van der Waals surface area contributed by atoms with Gasteiger partial charge in [-0.25, -0.2) is 13.8 Å². The van der Waals surface area contributed by atoms with E-state index in [2.05, 4.69) is 27.5 Å². The topological polar surface area (TPSA) is 49.8 Å². The fourth-order valence-electron chi connectivity index (χ4n) is 1.64. The van der Waals surface area contributed by atoms with Gasteiger partial charge in [0.05, 0.1) is 12.4 Å². The van der Waals surface area contributed by atoms with Crippen molar-refractivity contribution >= 4 is 11.6 Å². The second kappa shape index (κ2) is 6.79. The molecule has 0 aliphatic rings. The molecule has 0 spiro atoms. The van der Waals surface area contributed by atoms with Crippen LogP contribution in [0.5, 0.6) is 0 Å². The fraction of sp³-hybridized carbons (Fsp3) is 0.286. The quantitative estimate of drug-likeness (QED) is 0.852. The molecule has 20 heavy (non-hydrogen) atoms. The normalized spacial score (nSPS) is 10.3. The Kier molecular flexibility index (Phi) is 4.81. The van der Waals surface area contributed by atoms with Crippen LogP contribution in [0.4, 0.5) is 20.4 Å². The van der Waals surface area contributed by atoms with Crippen LogP contribution in [0.2, 0.25) is 0 Å². The number of aromatic nitrogens is 2. The van der Waals surface area contributed by atoms with Crippen molar-refractivity contribution in [1.29, 1.82) is 0 Å². The zero-order valence-corrected chi connectivity index (χ0v) is 11.2. The number of rotatable bonds is 6. The van der Waals surface area contributed by atoms with E-state index in [-0.39, 0.29) is 6.54 Å². The molecule has 0 bridgehead atoms. The van der Waals surface area contributed by atoms with Gasteiger partial charge >= 0.3 is 0 Å². The summed E-state index contributed by atoms with van der Waals surface area (Å²) in [7, 11) is 0. The van der Waals surface area contributed by atoms with Crippen molar-refractivity contribution in [3.05, 3.63) is 47.8 Å². The van der Waals surface area contributed by atoms with Gasteiger partial charge in [-0.1, -0.05) is 13.0 Å². The van der Waals surface area contributed by atoms with Gasteiger partial charge in [-0.15, -0.1) is 0 Å². The third-order valence-corrected chi connectivity index (χ3v) is 2.67. The summed E-state index contributed by atoms with van der Waals surface area (Å²) in [6, 6.07) is 3.50. The van der Waals surface area contributed by atoms with Gasteiger partial charge in [0.15, 0.2) is 0 Å². The van der Waals surface area contributed by atoms with E-state index in [9.17, 15) is 8.78 Å². The molecule has 0 unspecified atom stereocenters. The largest absolute Gasteiger partial charge is 0.369 e. The maximum Gasteiger partial charge on any atom is 0.147 e. The van der Waals surface area contributed by atoms with Crippen LogP contribution in [-0.4, -0.2) is 16.5 Å². The third-order valence-electron chi connectivity index (χ3n) is 2.67. The molecule has 0 amide bonds. The van der Waals surface area contributed by atoms with E-state index in [1.54, 1.807) is 12.4 Å². The summed E-state index contributed by atoms with van der Waals surface area (Å²) in [6.45, 7) is 3.09. The summed E-state index contributed by atoms with van der Waals surface area (Å²) in [6.07, 6.45) is 4.16. The Morgan fingerprint density at radius 2 is 1.85 bits per heavy atom. The molecule has 0 fully saturated rings. The van der Waals surface area contributed by atoms with E-state index >= 15 is 0 Å². The standard InChI is InChI=1S/C14H16F2N4/c1-2-5-18-13-8-17-9-14(20-13)19-7-10-3-4-11(15)6-12(10)16/h3-4,6,8-9H,2,5,7H2,1H3,(H2,18,19,20). The molecule has 1 aromatic carbocycles. The first-order chi connectivity index (χ1) is 9.69. The van der Waals surface area contributed by atoms with Crippen molar-refractivity contribution in [2.45, 2.75) is 19.9 Å². The lowest BCUT2D eigenvalue weighted by Crippen LogP contribution is -2.07. The molecule has 0 aliphatic carbocycles. The van der Waals surface area contributed by atoms with Crippen LogP contribution >= 0.6 is 0 Å². The van der Waals surface area contributed by atoms with E-state index in [0.717, 1.165) is 19.0 Å². The summed E-state index contributed by atoms with van der Waals surface area (Å²) in [5.74, 6) is 0.0359. The smallest absolute Gasteiger partial charge is 0.147 e.